The number of carbonyl (C=O) groups is 1. The third-order valence-corrected chi connectivity index (χ3v) is 2.87. The maximum absolute atomic E-state index is 11.6. The van der Waals surface area contributed by atoms with E-state index in [2.05, 4.69) is 10.6 Å². The highest BCUT2D eigenvalue weighted by molar-refractivity contribution is 6.35. The van der Waals surface area contributed by atoms with Crippen LogP contribution in [-0.4, -0.2) is 19.0 Å². The Bertz CT molecular complexity index is 395. The van der Waals surface area contributed by atoms with E-state index in [1.807, 2.05) is 0 Å². The number of amides is 1. The van der Waals surface area contributed by atoms with Crippen LogP contribution in [0.2, 0.25) is 10.0 Å². The monoisotopic (exact) mass is 244 g/mol. The fourth-order valence-corrected chi connectivity index (χ4v) is 2.10. The van der Waals surface area contributed by atoms with Gasteiger partial charge in [-0.3, -0.25) is 4.79 Å². The molecule has 0 spiro atoms. The van der Waals surface area contributed by atoms with Crippen molar-refractivity contribution in [1.29, 1.82) is 0 Å². The first-order chi connectivity index (χ1) is 7.18. The summed E-state index contributed by atoms with van der Waals surface area (Å²) in [6, 6.07) is 4.77. The van der Waals surface area contributed by atoms with Gasteiger partial charge in [0.1, 0.15) is 6.04 Å². The average molecular weight is 245 g/mol. The van der Waals surface area contributed by atoms with Crippen LogP contribution >= 0.6 is 23.2 Å². The van der Waals surface area contributed by atoms with Gasteiger partial charge in [0, 0.05) is 23.1 Å². The van der Waals surface area contributed by atoms with Crippen LogP contribution in [0.25, 0.3) is 0 Å². The van der Waals surface area contributed by atoms with Crippen LogP contribution in [0.15, 0.2) is 18.2 Å². The molecule has 80 valence electrons. The Morgan fingerprint density at radius 2 is 2.07 bits per heavy atom. The highest BCUT2D eigenvalue weighted by atomic mass is 35.5. The number of piperazine rings is 1. The summed E-state index contributed by atoms with van der Waals surface area (Å²) >= 11 is 11.8. The Balaban J connectivity index is 2.31. The van der Waals surface area contributed by atoms with Gasteiger partial charge in [-0.15, -0.1) is 0 Å². The molecule has 1 heterocycles. The van der Waals surface area contributed by atoms with Crippen molar-refractivity contribution in [2.45, 2.75) is 6.04 Å². The van der Waals surface area contributed by atoms with Gasteiger partial charge >= 0.3 is 0 Å². The van der Waals surface area contributed by atoms with Crippen molar-refractivity contribution in [2.24, 2.45) is 0 Å². The molecule has 1 saturated heterocycles. The summed E-state index contributed by atoms with van der Waals surface area (Å²) in [7, 11) is 0. The zero-order chi connectivity index (χ0) is 10.8. The summed E-state index contributed by atoms with van der Waals surface area (Å²) in [4.78, 5) is 11.6. The van der Waals surface area contributed by atoms with Gasteiger partial charge in [0.2, 0.25) is 5.91 Å². The summed E-state index contributed by atoms with van der Waals surface area (Å²) in [5.74, 6) is -0.0505. The summed E-state index contributed by atoms with van der Waals surface area (Å²) in [5.41, 5.74) is 0.762. The molecule has 1 atom stereocenters. The Hall–Kier alpha value is -0.770. The summed E-state index contributed by atoms with van der Waals surface area (Å²) in [6.45, 7) is 1.40. The van der Waals surface area contributed by atoms with Crippen LogP contribution in [0.3, 0.4) is 0 Å². The first-order valence-corrected chi connectivity index (χ1v) is 5.40. The fourth-order valence-electron chi connectivity index (χ4n) is 1.58. The Morgan fingerprint density at radius 1 is 1.27 bits per heavy atom. The molecule has 1 amide bonds. The predicted octanol–water partition coefficient (Wildman–Crippen LogP) is 1.75. The van der Waals surface area contributed by atoms with Crippen molar-refractivity contribution in [3.05, 3.63) is 33.8 Å². The molecule has 1 fully saturated rings. The minimum atomic E-state index is -0.372. The molecule has 0 unspecified atom stereocenters. The highest BCUT2D eigenvalue weighted by Gasteiger charge is 2.24. The van der Waals surface area contributed by atoms with Crippen molar-refractivity contribution in [2.75, 3.05) is 13.1 Å². The lowest BCUT2D eigenvalue weighted by atomic mass is 10.0. The molecule has 0 aliphatic carbocycles. The Kier molecular flexibility index (Phi) is 3.14. The van der Waals surface area contributed by atoms with Gasteiger partial charge in [-0.1, -0.05) is 29.3 Å². The minimum Gasteiger partial charge on any atom is -0.353 e. The lowest BCUT2D eigenvalue weighted by Gasteiger charge is -2.24. The number of halogens is 2. The Labute approximate surface area is 97.8 Å². The molecule has 0 saturated carbocycles. The zero-order valence-corrected chi connectivity index (χ0v) is 9.40. The van der Waals surface area contributed by atoms with Gasteiger partial charge in [-0.05, 0) is 17.7 Å². The maximum Gasteiger partial charge on any atom is 0.241 e. The van der Waals surface area contributed by atoms with E-state index < -0.39 is 0 Å². The summed E-state index contributed by atoms with van der Waals surface area (Å²) in [6.07, 6.45) is 0. The Morgan fingerprint density at radius 3 is 2.73 bits per heavy atom. The molecule has 0 bridgehead atoms. The fraction of sp³-hybridized carbons (Fsp3) is 0.300. The minimum absolute atomic E-state index is 0.0505. The number of carbonyl (C=O) groups excluding carboxylic acids is 1. The van der Waals surface area contributed by atoms with Gasteiger partial charge < -0.3 is 10.6 Å². The number of hydrogen-bond acceptors (Lipinski definition) is 2. The van der Waals surface area contributed by atoms with Crippen molar-refractivity contribution in [3.63, 3.8) is 0 Å². The van der Waals surface area contributed by atoms with Crippen LogP contribution in [-0.2, 0) is 4.79 Å². The van der Waals surface area contributed by atoms with E-state index in [1.54, 1.807) is 18.2 Å². The highest BCUT2D eigenvalue weighted by Crippen LogP contribution is 2.26. The first-order valence-electron chi connectivity index (χ1n) is 4.64. The molecule has 2 rings (SSSR count). The molecule has 15 heavy (non-hydrogen) atoms. The zero-order valence-electron chi connectivity index (χ0n) is 7.89. The quantitative estimate of drug-likeness (QED) is 0.791. The number of nitrogens with one attached hydrogen (secondary N) is 2. The largest absolute Gasteiger partial charge is 0.353 e. The van der Waals surface area contributed by atoms with Crippen molar-refractivity contribution < 1.29 is 4.79 Å². The maximum atomic E-state index is 11.6. The number of benzene rings is 1. The SMILES string of the molecule is O=C1NCCN[C@@H]1c1ccc(Cl)cc1Cl. The van der Waals surface area contributed by atoms with E-state index in [0.717, 1.165) is 12.1 Å². The van der Waals surface area contributed by atoms with E-state index in [-0.39, 0.29) is 11.9 Å². The van der Waals surface area contributed by atoms with Crippen molar-refractivity contribution in [1.82, 2.24) is 10.6 Å². The molecular weight excluding hydrogens is 235 g/mol. The van der Waals surface area contributed by atoms with Gasteiger partial charge in [-0.2, -0.15) is 0 Å². The summed E-state index contributed by atoms with van der Waals surface area (Å²) in [5, 5.41) is 6.97. The first kappa shape index (κ1) is 10.7. The van der Waals surface area contributed by atoms with Gasteiger partial charge in [0.15, 0.2) is 0 Å². The molecule has 1 aromatic carbocycles. The number of hydrogen-bond donors (Lipinski definition) is 2. The van der Waals surface area contributed by atoms with Crippen LogP contribution < -0.4 is 10.6 Å². The molecule has 1 aliphatic heterocycles. The number of rotatable bonds is 1. The standard InChI is InChI=1S/C10H10Cl2N2O/c11-6-1-2-7(8(12)5-6)9-10(15)14-4-3-13-9/h1-2,5,9,13H,3-4H2,(H,14,15)/t9-/m1/s1. The van der Waals surface area contributed by atoms with Crippen LogP contribution in [0.5, 0.6) is 0 Å². The molecular formula is C10H10Cl2N2O. The molecule has 1 aromatic rings. The van der Waals surface area contributed by atoms with E-state index in [0.29, 0.717) is 16.6 Å². The molecule has 5 heteroatoms. The normalized spacial score (nSPS) is 21.2. The van der Waals surface area contributed by atoms with Crippen LogP contribution in [0.4, 0.5) is 0 Å². The molecule has 3 nitrogen and oxygen atoms in total. The third kappa shape index (κ3) is 2.25. The van der Waals surface area contributed by atoms with E-state index in [9.17, 15) is 4.79 Å². The lowest BCUT2D eigenvalue weighted by molar-refractivity contribution is -0.124. The van der Waals surface area contributed by atoms with Gasteiger partial charge in [0.05, 0.1) is 0 Å². The summed E-state index contributed by atoms with van der Waals surface area (Å²) < 4.78 is 0. The second-order valence-electron chi connectivity index (χ2n) is 3.34. The van der Waals surface area contributed by atoms with Crippen molar-refractivity contribution in [3.8, 4) is 0 Å². The van der Waals surface area contributed by atoms with Gasteiger partial charge in [-0.25, -0.2) is 0 Å². The molecule has 2 N–H and O–H groups in total. The van der Waals surface area contributed by atoms with Gasteiger partial charge in [0.25, 0.3) is 0 Å². The lowest BCUT2D eigenvalue weighted by Crippen LogP contribution is -2.47. The van der Waals surface area contributed by atoms with E-state index >= 15 is 0 Å². The molecule has 1 aliphatic rings. The van der Waals surface area contributed by atoms with E-state index in [1.165, 1.54) is 0 Å². The third-order valence-electron chi connectivity index (χ3n) is 2.31. The molecule has 0 radical (unpaired) electrons. The second-order valence-corrected chi connectivity index (χ2v) is 4.19. The van der Waals surface area contributed by atoms with Crippen molar-refractivity contribution >= 4 is 29.1 Å². The van der Waals surface area contributed by atoms with E-state index in [4.69, 9.17) is 23.2 Å². The second kappa shape index (κ2) is 4.39. The molecule has 0 aromatic heterocycles. The average Bonchev–Trinajstić information content (AvgIpc) is 2.20. The van der Waals surface area contributed by atoms with Crippen LogP contribution in [0.1, 0.15) is 11.6 Å². The predicted molar refractivity (Wildman–Crippen MR) is 60.2 cm³/mol. The van der Waals surface area contributed by atoms with Crippen LogP contribution in [0, 0.1) is 0 Å². The smallest absolute Gasteiger partial charge is 0.241 e. The topological polar surface area (TPSA) is 41.1 Å².